The van der Waals surface area contributed by atoms with Crippen LogP contribution >= 0.6 is 0 Å². The number of benzene rings is 1. The summed E-state index contributed by atoms with van der Waals surface area (Å²) in [4.78, 5) is 13.4. The summed E-state index contributed by atoms with van der Waals surface area (Å²) < 4.78 is 10.8. The van der Waals surface area contributed by atoms with Crippen LogP contribution in [0.5, 0.6) is 0 Å². The molecule has 4 heteroatoms. The molecule has 4 nitrogen and oxygen atoms in total. The predicted octanol–water partition coefficient (Wildman–Crippen LogP) is 2.83. The zero-order valence-corrected chi connectivity index (χ0v) is 10.7. The normalized spacial score (nSPS) is 19.1. The van der Waals surface area contributed by atoms with E-state index in [2.05, 4.69) is 6.92 Å². The van der Waals surface area contributed by atoms with E-state index in [1.165, 1.54) is 0 Å². The molecule has 1 fully saturated rings. The molecule has 1 atom stereocenters. The van der Waals surface area contributed by atoms with E-state index in [0.29, 0.717) is 13.2 Å². The lowest BCUT2D eigenvalue weighted by Gasteiger charge is -2.12. The summed E-state index contributed by atoms with van der Waals surface area (Å²) in [6.45, 7) is 3.90. The summed E-state index contributed by atoms with van der Waals surface area (Å²) in [5.41, 5.74) is 0.874. The average molecular weight is 249 g/mol. The number of unbranched alkanes of at least 4 members (excludes halogenated alkanes) is 1. The first-order valence-corrected chi connectivity index (χ1v) is 6.42. The maximum absolute atomic E-state index is 11.7. The van der Waals surface area contributed by atoms with E-state index in [9.17, 15) is 4.79 Å². The van der Waals surface area contributed by atoms with Crippen LogP contribution in [0.2, 0.25) is 0 Å². The van der Waals surface area contributed by atoms with Gasteiger partial charge in [-0.2, -0.15) is 0 Å². The summed E-state index contributed by atoms with van der Waals surface area (Å²) in [7, 11) is 0. The van der Waals surface area contributed by atoms with Gasteiger partial charge in [0.05, 0.1) is 13.2 Å². The van der Waals surface area contributed by atoms with Crippen LogP contribution in [-0.4, -0.2) is 32.0 Å². The zero-order chi connectivity index (χ0) is 12.8. The Morgan fingerprint density at radius 2 is 2.17 bits per heavy atom. The molecule has 1 aliphatic rings. The average Bonchev–Trinajstić information content (AvgIpc) is 2.77. The molecular weight excluding hydrogens is 230 g/mol. The Bertz CT molecular complexity index is 380. The largest absolute Gasteiger partial charge is 0.441 e. The lowest BCUT2D eigenvalue weighted by molar-refractivity contribution is 0.0448. The highest BCUT2D eigenvalue weighted by Gasteiger charge is 2.32. The number of hydrogen-bond donors (Lipinski definition) is 0. The van der Waals surface area contributed by atoms with Gasteiger partial charge in [-0.05, 0) is 18.6 Å². The van der Waals surface area contributed by atoms with Gasteiger partial charge in [0.1, 0.15) is 6.10 Å². The van der Waals surface area contributed by atoms with Crippen molar-refractivity contribution in [1.82, 2.24) is 0 Å². The topological polar surface area (TPSA) is 38.8 Å². The summed E-state index contributed by atoms with van der Waals surface area (Å²) in [5.74, 6) is 0. The molecule has 0 bridgehead atoms. The Morgan fingerprint density at radius 3 is 2.89 bits per heavy atom. The smallest absolute Gasteiger partial charge is 0.414 e. The fourth-order valence-electron chi connectivity index (χ4n) is 1.89. The SMILES string of the molecule is CCCCOCC1CN(c2ccccc2)C(=O)O1. The van der Waals surface area contributed by atoms with Crippen molar-refractivity contribution in [2.24, 2.45) is 0 Å². The molecular formula is C14H19NO3. The number of carbonyl (C=O) groups excluding carboxylic acids is 1. The summed E-state index contributed by atoms with van der Waals surface area (Å²) in [6.07, 6.45) is 1.71. The highest BCUT2D eigenvalue weighted by atomic mass is 16.6. The first-order valence-electron chi connectivity index (χ1n) is 6.42. The third-order valence-electron chi connectivity index (χ3n) is 2.89. The van der Waals surface area contributed by atoms with Gasteiger partial charge >= 0.3 is 6.09 Å². The van der Waals surface area contributed by atoms with Crippen molar-refractivity contribution < 1.29 is 14.3 Å². The molecule has 1 amide bonds. The maximum atomic E-state index is 11.7. The number of carbonyl (C=O) groups is 1. The van der Waals surface area contributed by atoms with E-state index in [4.69, 9.17) is 9.47 Å². The monoisotopic (exact) mass is 249 g/mol. The zero-order valence-electron chi connectivity index (χ0n) is 10.7. The molecule has 2 rings (SSSR count). The van der Waals surface area contributed by atoms with Crippen LogP contribution in [0.1, 0.15) is 19.8 Å². The predicted molar refractivity (Wildman–Crippen MR) is 69.8 cm³/mol. The van der Waals surface area contributed by atoms with Crippen LogP contribution in [0.3, 0.4) is 0 Å². The number of amides is 1. The number of rotatable bonds is 6. The first kappa shape index (κ1) is 12.9. The number of ether oxygens (including phenoxy) is 2. The van der Waals surface area contributed by atoms with Gasteiger partial charge in [-0.15, -0.1) is 0 Å². The first-order chi connectivity index (χ1) is 8.81. The molecule has 0 radical (unpaired) electrons. The van der Waals surface area contributed by atoms with E-state index in [1.807, 2.05) is 30.3 Å². The van der Waals surface area contributed by atoms with Crippen LogP contribution in [0.25, 0.3) is 0 Å². The Balaban J connectivity index is 1.84. The Labute approximate surface area is 107 Å². The number of cyclic esters (lactones) is 1. The second-order valence-electron chi connectivity index (χ2n) is 4.38. The van der Waals surface area contributed by atoms with Crippen LogP contribution in [0.4, 0.5) is 10.5 Å². The van der Waals surface area contributed by atoms with Gasteiger partial charge in [0.2, 0.25) is 0 Å². The Morgan fingerprint density at radius 1 is 1.39 bits per heavy atom. The van der Waals surface area contributed by atoms with Crippen LogP contribution in [-0.2, 0) is 9.47 Å². The number of anilines is 1. The quantitative estimate of drug-likeness (QED) is 0.728. The molecule has 1 saturated heterocycles. The van der Waals surface area contributed by atoms with Crippen LogP contribution in [0, 0.1) is 0 Å². The van der Waals surface area contributed by atoms with E-state index in [1.54, 1.807) is 4.90 Å². The Kier molecular flexibility index (Phi) is 4.59. The highest BCUT2D eigenvalue weighted by Crippen LogP contribution is 2.21. The fourth-order valence-corrected chi connectivity index (χ4v) is 1.89. The van der Waals surface area contributed by atoms with Crippen molar-refractivity contribution in [3.05, 3.63) is 30.3 Å². The molecule has 0 aromatic heterocycles. The van der Waals surface area contributed by atoms with E-state index in [0.717, 1.165) is 25.1 Å². The molecule has 0 spiro atoms. The second-order valence-corrected chi connectivity index (χ2v) is 4.38. The number of nitrogens with zero attached hydrogens (tertiary/aromatic N) is 1. The van der Waals surface area contributed by atoms with E-state index in [-0.39, 0.29) is 12.2 Å². The third kappa shape index (κ3) is 3.23. The highest BCUT2D eigenvalue weighted by molar-refractivity contribution is 5.89. The minimum absolute atomic E-state index is 0.158. The van der Waals surface area contributed by atoms with Gasteiger partial charge in [-0.1, -0.05) is 31.5 Å². The van der Waals surface area contributed by atoms with Crippen molar-refractivity contribution >= 4 is 11.8 Å². The third-order valence-corrected chi connectivity index (χ3v) is 2.89. The molecule has 98 valence electrons. The summed E-state index contributed by atoms with van der Waals surface area (Å²) in [6, 6.07) is 9.56. The molecule has 1 unspecified atom stereocenters. The van der Waals surface area contributed by atoms with Gasteiger partial charge in [-0.25, -0.2) is 4.79 Å². The van der Waals surface area contributed by atoms with E-state index < -0.39 is 0 Å². The minimum atomic E-state index is -0.287. The van der Waals surface area contributed by atoms with Crippen molar-refractivity contribution in [3.63, 3.8) is 0 Å². The van der Waals surface area contributed by atoms with Crippen molar-refractivity contribution in [3.8, 4) is 0 Å². The van der Waals surface area contributed by atoms with Crippen molar-refractivity contribution in [2.45, 2.75) is 25.9 Å². The van der Waals surface area contributed by atoms with Gasteiger partial charge in [-0.3, -0.25) is 4.90 Å². The van der Waals surface area contributed by atoms with Gasteiger partial charge in [0.15, 0.2) is 0 Å². The molecule has 0 N–H and O–H groups in total. The lowest BCUT2D eigenvalue weighted by Crippen LogP contribution is -2.25. The van der Waals surface area contributed by atoms with E-state index >= 15 is 0 Å². The van der Waals surface area contributed by atoms with Crippen molar-refractivity contribution in [1.29, 1.82) is 0 Å². The molecule has 1 aromatic rings. The molecule has 1 heterocycles. The summed E-state index contributed by atoms with van der Waals surface area (Å²) in [5, 5.41) is 0. The van der Waals surface area contributed by atoms with Gasteiger partial charge < -0.3 is 9.47 Å². The molecule has 1 aliphatic heterocycles. The lowest BCUT2D eigenvalue weighted by atomic mass is 10.3. The standard InChI is InChI=1S/C14H19NO3/c1-2-3-9-17-11-13-10-15(14(16)18-13)12-7-5-4-6-8-12/h4-8,13H,2-3,9-11H2,1H3. The number of para-hydroxylation sites is 1. The Hall–Kier alpha value is -1.55. The number of hydrogen-bond acceptors (Lipinski definition) is 3. The molecule has 0 saturated carbocycles. The molecule has 1 aromatic carbocycles. The minimum Gasteiger partial charge on any atom is -0.441 e. The maximum Gasteiger partial charge on any atom is 0.414 e. The second kappa shape index (κ2) is 6.40. The van der Waals surface area contributed by atoms with Crippen molar-refractivity contribution in [2.75, 3.05) is 24.7 Å². The molecule has 18 heavy (non-hydrogen) atoms. The van der Waals surface area contributed by atoms with Crippen LogP contribution in [0.15, 0.2) is 30.3 Å². The van der Waals surface area contributed by atoms with Gasteiger partial charge in [0.25, 0.3) is 0 Å². The van der Waals surface area contributed by atoms with Gasteiger partial charge in [0, 0.05) is 12.3 Å². The summed E-state index contributed by atoms with van der Waals surface area (Å²) >= 11 is 0. The molecule has 0 aliphatic carbocycles. The van der Waals surface area contributed by atoms with Crippen LogP contribution < -0.4 is 4.90 Å². The fraction of sp³-hybridized carbons (Fsp3) is 0.500.